The van der Waals surface area contributed by atoms with Crippen LogP contribution in [0.2, 0.25) is 0 Å². The number of ether oxygens (including phenoxy) is 1. The van der Waals surface area contributed by atoms with Crippen LogP contribution < -0.4 is 4.74 Å². The third kappa shape index (κ3) is 2.81. The second-order valence-electron chi connectivity index (χ2n) is 6.08. The van der Waals surface area contributed by atoms with Crippen LogP contribution in [0.3, 0.4) is 0 Å². The average molecular weight is 305 g/mol. The van der Waals surface area contributed by atoms with Crippen LogP contribution in [-0.2, 0) is 6.54 Å². The van der Waals surface area contributed by atoms with E-state index in [2.05, 4.69) is 17.1 Å². The summed E-state index contributed by atoms with van der Waals surface area (Å²) in [6, 6.07) is 6.04. The largest absolute Gasteiger partial charge is 0.453 e. The molecular weight excluding hydrogens is 286 g/mol. The zero-order valence-electron chi connectivity index (χ0n) is 13.7. The molecule has 0 amide bonds. The summed E-state index contributed by atoms with van der Waals surface area (Å²) >= 11 is 0. The summed E-state index contributed by atoms with van der Waals surface area (Å²) in [4.78, 5) is 0. The van der Waals surface area contributed by atoms with Gasteiger partial charge in [0.05, 0.1) is 17.3 Å². The Labute approximate surface area is 136 Å². The summed E-state index contributed by atoms with van der Waals surface area (Å²) in [7, 11) is 0. The summed E-state index contributed by atoms with van der Waals surface area (Å²) in [6.45, 7) is 6.28. The van der Waals surface area contributed by atoms with E-state index in [0.29, 0.717) is 18.0 Å². The number of benzene rings is 1. The molecule has 1 aromatic heterocycles. The van der Waals surface area contributed by atoms with Gasteiger partial charge in [0.2, 0.25) is 0 Å². The standard InChI is InChI=1S/C19H19N3O/c1-5-8-22-14(4)19(18(21-22)15-6-7-15)23-16-9-12(2)17(11-20)13(3)10-16/h1,9-10,15H,6-8H2,2-4H3. The van der Waals surface area contributed by atoms with Crippen molar-refractivity contribution in [2.45, 2.75) is 46.1 Å². The molecule has 3 rings (SSSR count). The van der Waals surface area contributed by atoms with Crippen LogP contribution in [0.4, 0.5) is 0 Å². The summed E-state index contributed by atoms with van der Waals surface area (Å²) in [5, 5.41) is 13.8. The van der Waals surface area contributed by atoms with E-state index in [4.69, 9.17) is 11.2 Å². The lowest BCUT2D eigenvalue weighted by Crippen LogP contribution is -2.00. The van der Waals surface area contributed by atoms with Crippen molar-refractivity contribution in [3.05, 3.63) is 40.2 Å². The van der Waals surface area contributed by atoms with Gasteiger partial charge in [-0.2, -0.15) is 10.4 Å². The molecule has 0 bridgehead atoms. The van der Waals surface area contributed by atoms with E-state index < -0.39 is 0 Å². The summed E-state index contributed by atoms with van der Waals surface area (Å²) in [5.41, 5.74) is 4.50. The first-order valence-corrected chi connectivity index (χ1v) is 7.75. The molecule has 0 unspecified atom stereocenters. The Balaban J connectivity index is 2.00. The van der Waals surface area contributed by atoms with Crippen LogP contribution in [0, 0.1) is 44.4 Å². The third-order valence-electron chi connectivity index (χ3n) is 4.22. The highest BCUT2D eigenvalue weighted by Gasteiger charge is 2.32. The van der Waals surface area contributed by atoms with Gasteiger partial charge in [0.15, 0.2) is 5.75 Å². The fourth-order valence-electron chi connectivity index (χ4n) is 2.82. The van der Waals surface area contributed by atoms with Gasteiger partial charge in [0.25, 0.3) is 0 Å². The Morgan fingerprint density at radius 1 is 1.30 bits per heavy atom. The van der Waals surface area contributed by atoms with E-state index in [1.54, 1.807) is 0 Å². The van der Waals surface area contributed by atoms with Gasteiger partial charge in [-0.1, -0.05) is 5.92 Å². The maximum Gasteiger partial charge on any atom is 0.171 e. The van der Waals surface area contributed by atoms with Gasteiger partial charge >= 0.3 is 0 Å². The average Bonchev–Trinajstić information content (AvgIpc) is 3.29. The third-order valence-corrected chi connectivity index (χ3v) is 4.22. The molecule has 0 spiro atoms. The number of aromatic nitrogens is 2. The topological polar surface area (TPSA) is 50.8 Å². The summed E-state index contributed by atoms with van der Waals surface area (Å²) in [6.07, 6.45) is 7.72. The fourth-order valence-corrected chi connectivity index (χ4v) is 2.82. The summed E-state index contributed by atoms with van der Waals surface area (Å²) < 4.78 is 7.99. The molecule has 1 aliphatic carbocycles. The van der Waals surface area contributed by atoms with Crippen LogP contribution in [0.5, 0.6) is 11.5 Å². The van der Waals surface area contributed by atoms with Gasteiger partial charge < -0.3 is 4.74 Å². The molecule has 2 aromatic rings. The molecule has 4 heteroatoms. The van der Waals surface area contributed by atoms with Crippen LogP contribution in [0.1, 0.15) is 46.8 Å². The van der Waals surface area contributed by atoms with E-state index in [1.165, 1.54) is 0 Å². The lowest BCUT2D eigenvalue weighted by Gasteiger charge is -2.10. The number of hydrogen-bond donors (Lipinski definition) is 0. The molecule has 0 radical (unpaired) electrons. The van der Waals surface area contributed by atoms with Crippen molar-refractivity contribution in [1.29, 1.82) is 5.26 Å². The molecule has 116 valence electrons. The maximum absolute atomic E-state index is 9.19. The van der Waals surface area contributed by atoms with E-state index >= 15 is 0 Å². The van der Waals surface area contributed by atoms with Gasteiger partial charge in [-0.05, 0) is 56.9 Å². The van der Waals surface area contributed by atoms with Crippen molar-refractivity contribution in [1.82, 2.24) is 9.78 Å². The number of terminal acetylenes is 1. The minimum Gasteiger partial charge on any atom is -0.453 e. The highest BCUT2D eigenvalue weighted by Crippen LogP contribution is 2.46. The molecule has 0 atom stereocenters. The first kappa shape index (κ1) is 15.2. The van der Waals surface area contributed by atoms with E-state index in [1.807, 2.05) is 37.6 Å². The first-order chi connectivity index (χ1) is 11.0. The van der Waals surface area contributed by atoms with Crippen molar-refractivity contribution < 1.29 is 4.74 Å². The molecule has 23 heavy (non-hydrogen) atoms. The van der Waals surface area contributed by atoms with E-state index in [9.17, 15) is 5.26 Å². The molecule has 1 aromatic carbocycles. The molecular formula is C19H19N3O. The minimum atomic E-state index is 0.445. The molecule has 0 N–H and O–H groups in total. The molecule has 4 nitrogen and oxygen atoms in total. The Kier molecular flexibility index (Phi) is 3.84. The van der Waals surface area contributed by atoms with Crippen LogP contribution in [0.25, 0.3) is 0 Å². The molecule has 0 saturated heterocycles. The number of aryl methyl sites for hydroxylation is 2. The van der Waals surface area contributed by atoms with Crippen molar-refractivity contribution in [2.75, 3.05) is 0 Å². The van der Waals surface area contributed by atoms with Crippen LogP contribution >= 0.6 is 0 Å². The number of nitriles is 1. The molecule has 0 aliphatic heterocycles. The van der Waals surface area contributed by atoms with Crippen LogP contribution in [0.15, 0.2) is 12.1 Å². The Morgan fingerprint density at radius 3 is 2.48 bits per heavy atom. The van der Waals surface area contributed by atoms with E-state index in [-0.39, 0.29) is 0 Å². The highest BCUT2D eigenvalue weighted by atomic mass is 16.5. The lowest BCUT2D eigenvalue weighted by atomic mass is 10.0. The normalized spacial score (nSPS) is 13.4. The van der Waals surface area contributed by atoms with Crippen molar-refractivity contribution in [3.8, 4) is 29.9 Å². The van der Waals surface area contributed by atoms with Gasteiger partial charge in [-0.25, -0.2) is 0 Å². The zero-order chi connectivity index (χ0) is 16.6. The number of hydrogen-bond acceptors (Lipinski definition) is 3. The molecule has 1 fully saturated rings. The fraction of sp³-hybridized carbons (Fsp3) is 0.368. The van der Waals surface area contributed by atoms with Crippen molar-refractivity contribution in [2.24, 2.45) is 0 Å². The lowest BCUT2D eigenvalue weighted by molar-refractivity contribution is 0.470. The quantitative estimate of drug-likeness (QED) is 0.803. The van der Waals surface area contributed by atoms with Gasteiger partial charge in [0.1, 0.15) is 18.0 Å². The van der Waals surface area contributed by atoms with Gasteiger partial charge in [0, 0.05) is 5.92 Å². The summed E-state index contributed by atoms with van der Waals surface area (Å²) in [5.74, 6) is 4.66. The second kappa shape index (κ2) is 5.82. The van der Waals surface area contributed by atoms with Crippen molar-refractivity contribution in [3.63, 3.8) is 0 Å². The van der Waals surface area contributed by atoms with E-state index in [0.717, 1.165) is 46.9 Å². The molecule has 1 heterocycles. The second-order valence-corrected chi connectivity index (χ2v) is 6.08. The Morgan fingerprint density at radius 2 is 1.96 bits per heavy atom. The Hall–Kier alpha value is -2.72. The number of nitrogens with zero attached hydrogens (tertiary/aromatic N) is 3. The first-order valence-electron chi connectivity index (χ1n) is 7.75. The SMILES string of the molecule is C#CCn1nc(C2CC2)c(Oc2cc(C)c(C#N)c(C)c2)c1C. The predicted molar refractivity (Wildman–Crippen MR) is 88.5 cm³/mol. The molecule has 1 saturated carbocycles. The van der Waals surface area contributed by atoms with Crippen molar-refractivity contribution >= 4 is 0 Å². The minimum absolute atomic E-state index is 0.445. The monoisotopic (exact) mass is 305 g/mol. The zero-order valence-corrected chi connectivity index (χ0v) is 13.7. The number of rotatable bonds is 4. The van der Waals surface area contributed by atoms with Gasteiger partial charge in [-0.15, -0.1) is 6.42 Å². The smallest absolute Gasteiger partial charge is 0.171 e. The van der Waals surface area contributed by atoms with Crippen LogP contribution in [-0.4, -0.2) is 9.78 Å². The molecule has 1 aliphatic rings. The maximum atomic E-state index is 9.19. The highest BCUT2D eigenvalue weighted by molar-refractivity contribution is 5.50. The van der Waals surface area contributed by atoms with Gasteiger partial charge in [-0.3, -0.25) is 4.68 Å². The predicted octanol–water partition coefficient (Wildman–Crippen LogP) is 3.98. The Bertz CT molecular complexity index is 822.